The van der Waals surface area contributed by atoms with Crippen LogP contribution in [-0.2, 0) is 11.3 Å². The molecule has 0 bridgehead atoms. The van der Waals surface area contributed by atoms with E-state index >= 15 is 0 Å². The summed E-state index contributed by atoms with van der Waals surface area (Å²) in [4.78, 5) is 10.1. The first-order valence-corrected chi connectivity index (χ1v) is 4.35. The van der Waals surface area contributed by atoms with Crippen molar-refractivity contribution < 1.29 is 14.3 Å². The second-order valence-electron chi connectivity index (χ2n) is 2.85. The highest BCUT2D eigenvalue weighted by Crippen LogP contribution is 2.01. The van der Waals surface area contributed by atoms with Gasteiger partial charge in [-0.1, -0.05) is 12.1 Å². The number of benzene rings is 1. The minimum absolute atomic E-state index is 0.184. The van der Waals surface area contributed by atoms with Crippen molar-refractivity contribution in [3.05, 3.63) is 35.6 Å². The molecule has 5 nitrogen and oxygen atoms in total. The Morgan fingerprint density at radius 3 is 2.53 bits per heavy atom. The quantitative estimate of drug-likeness (QED) is 0.396. The van der Waals surface area contributed by atoms with Crippen molar-refractivity contribution in [1.29, 1.82) is 0 Å². The number of carboxylic acids is 1. The van der Waals surface area contributed by atoms with Gasteiger partial charge in [0.15, 0.2) is 0 Å². The summed E-state index contributed by atoms with van der Waals surface area (Å²) in [5.74, 6) is -1.23. The smallest absolute Gasteiger partial charge is 0.318 e. The van der Waals surface area contributed by atoms with Gasteiger partial charge in [0.05, 0.1) is 0 Å². The van der Waals surface area contributed by atoms with Crippen LogP contribution in [0.1, 0.15) is 5.56 Å². The molecule has 0 aromatic heterocycles. The summed E-state index contributed by atoms with van der Waals surface area (Å²) >= 11 is 0. The maximum atomic E-state index is 12.5. The monoisotopic (exact) mass is 213 g/mol. The number of aliphatic carboxylic acids is 1. The molecule has 0 saturated heterocycles. The summed E-state index contributed by atoms with van der Waals surface area (Å²) in [5.41, 5.74) is 8.56. The summed E-state index contributed by atoms with van der Waals surface area (Å²) in [7, 11) is 0. The fourth-order valence-corrected chi connectivity index (χ4v) is 0.931. The van der Waals surface area contributed by atoms with Gasteiger partial charge in [-0.05, 0) is 17.7 Å². The van der Waals surface area contributed by atoms with E-state index in [0.717, 1.165) is 5.56 Å². The SMILES string of the molecule is O=C(O)CNNNCc1ccc(F)cc1. The second-order valence-corrected chi connectivity index (χ2v) is 2.85. The van der Waals surface area contributed by atoms with Gasteiger partial charge < -0.3 is 5.11 Å². The van der Waals surface area contributed by atoms with Crippen molar-refractivity contribution in [3.8, 4) is 0 Å². The first-order valence-electron chi connectivity index (χ1n) is 4.35. The lowest BCUT2D eigenvalue weighted by Crippen LogP contribution is -2.45. The van der Waals surface area contributed by atoms with Crippen molar-refractivity contribution in [1.82, 2.24) is 16.4 Å². The average molecular weight is 213 g/mol. The van der Waals surface area contributed by atoms with Gasteiger partial charge in [-0.25, -0.2) is 15.2 Å². The zero-order chi connectivity index (χ0) is 11.1. The Hall–Kier alpha value is -1.50. The number of hydrogen-bond donors (Lipinski definition) is 4. The van der Waals surface area contributed by atoms with Crippen LogP contribution in [0.15, 0.2) is 24.3 Å². The predicted molar refractivity (Wildman–Crippen MR) is 52.0 cm³/mol. The van der Waals surface area contributed by atoms with E-state index in [0.29, 0.717) is 6.54 Å². The Bertz CT molecular complexity index is 316. The molecule has 0 amide bonds. The van der Waals surface area contributed by atoms with Gasteiger partial charge in [0, 0.05) is 6.54 Å². The second kappa shape index (κ2) is 6.07. The summed E-state index contributed by atoms with van der Waals surface area (Å²) in [6, 6.07) is 6.01. The number of halogens is 1. The Labute approximate surface area is 86.2 Å². The van der Waals surface area contributed by atoms with E-state index < -0.39 is 5.97 Å². The van der Waals surface area contributed by atoms with Crippen LogP contribution in [0.3, 0.4) is 0 Å². The van der Waals surface area contributed by atoms with Crippen LogP contribution < -0.4 is 16.4 Å². The third kappa shape index (κ3) is 5.06. The fourth-order valence-electron chi connectivity index (χ4n) is 0.931. The third-order valence-electron chi connectivity index (χ3n) is 1.62. The van der Waals surface area contributed by atoms with Gasteiger partial charge >= 0.3 is 5.97 Å². The first-order chi connectivity index (χ1) is 7.18. The minimum atomic E-state index is -0.953. The molecule has 6 heteroatoms. The maximum Gasteiger partial charge on any atom is 0.318 e. The zero-order valence-corrected chi connectivity index (χ0v) is 7.96. The molecular formula is C9H12FN3O2. The Balaban J connectivity index is 2.15. The molecule has 15 heavy (non-hydrogen) atoms. The molecule has 0 unspecified atom stereocenters. The van der Waals surface area contributed by atoms with Gasteiger partial charge in [-0.2, -0.15) is 5.53 Å². The van der Waals surface area contributed by atoms with Gasteiger partial charge in [0.25, 0.3) is 0 Å². The van der Waals surface area contributed by atoms with E-state index in [4.69, 9.17) is 5.11 Å². The van der Waals surface area contributed by atoms with Crippen LogP contribution in [0.5, 0.6) is 0 Å². The fraction of sp³-hybridized carbons (Fsp3) is 0.222. The van der Waals surface area contributed by atoms with Crippen molar-refractivity contribution in [2.24, 2.45) is 0 Å². The van der Waals surface area contributed by atoms with Crippen molar-refractivity contribution in [2.75, 3.05) is 6.54 Å². The van der Waals surface area contributed by atoms with E-state index in [1.165, 1.54) is 12.1 Å². The number of carboxylic acid groups (broad SMARTS) is 1. The molecule has 82 valence electrons. The summed E-state index contributed by atoms with van der Waals surface area (Å²) in [6.45, 7) is 0.281. The summed E-state index contributed by atoms with van der Waals surface area (Å²) < 4.78 is 12.5. The molecule has 0 saturated carbocycles. The van der Waals surface area contributed by atoms with Crippen molar-refractivity contribution >= 4 is 5.97 Å². The molecule has 1 aromatic carbocycles. The van der Waals surface area contributed by atoms with E-state index in [1.54, 1.807) is 12.1 Å². The molecular weight excluding hydrogens is 201 g/mol. The molecule has 0 aliphatic rings. The van der Waals surface area contributed by atoms with Crippen LogP contribution >= 0.6 is 0 Å². The predicted octanol–water partition coefficient (Wildman–Crippen LogP) is 0.00910. The highest BCUT2D eigenvalue weighted by Gasteiger charge is 1.94. The molecule has 4 N–H and O–H groups in total. The first kappa shape index (κ1) is 11.6. The number of carbonyl (C=O) groups is 1. The van der Waals surface area contributed by atoms with Gasteiger partial charge in [0.1, 0.15) is 12.4 Å². The molecule has 0 spiro atoms. The van der Waals surface area contributed by atoms with Crippen LogP contribution in [0.2, 0.25) is 0 Å². The van der Waals surface area contributed by atoms with E-state index in [2.05, 4.69) is 16.4 Å². The standard InChI is InChI=1S/C9H12FN3O2/c10-8-3-1-7(2-4-8)5-11-13-12-6-9(14)15/h1-4,11-13H,5-6H2,(H,14,15). The van der Waals surface area contributed by atoms with Crippen molar-refractivity contribution in [3.63, 3.8) is 0 Å². The molecule has 1 aromatic rings. The van der Waals surface area contributed by atoms with E-state index in [-0.39, 0.29) is 12.4 Å². The van der Waals surface area contributed by atoms with Crippen LogP contribution in [-0.4, -0.2) is 17.6 Å². The van der Waals surface area contributed by atoms with E-state index in [1.807, 2.05) is 0 Å². The zero-order valence-electron chi connectivity index (χ0n) is 7.96. The topological polar surface area (TPSA) is 73.4 Å². The van der Waals surface area contributed by atoms with Gasteiger partial charge in [-0.3, -0.25) is 4.79 Å². The molecule has 0 aliphatic carbocycles. The normalized spacial score (nSPS) is 10.2. The lowest BCUT2D eigenvalue weighted by Gasteiger charge is -2.06. The summed E-state index contributed by atoms with van der Waals surface area (Å²) in [5, 5.41) is 8.29. The Morgan fingerprint density at radius 2 is 1.93 bits per heavy atom. The lowest BCUT2D eigenvalue weighted by molar-refractivity contribution is -0.136. The van der Waals surface area contributed by atoms with Crippen LogP contribution in [0, 0.1) is 5.82 Å². The Kier molecular flexibility index (Phi) is 4.69. The maximum absolute atomic E-state index is 12.5. The largest absolute Gasteiger partial charge is 0.480 e. The van der Waals surface area contributed by atoms with Gasteiger partial charge in [-0.15, -0.1) is 0 Å². The number of rotatable bonds is 6. The number of hydrazine groups is 2. The molecule has 0 fully saturated rings. The Morgan fingerprint density at radius 1 is 1.27 bits per heavy atom. The van der Waals surface area contributed by atoms with Crippen LogP contribution in [0.4, 0.5) is 4.39 Å². The van der Waals surface area contributed by atoms with Gasteiger partial charge in [0.2, 0.25) is 0 Å². The van der Waals surface area contributed by atoms with E-state index in [9.17, 15) is 9.18 Å². The van der Waals surface area contributed by atoms with Crippen molar-refractivity contribution in [2.45, 2.75) is 6.54 Å². The number of nitrogens with one attached hydrogen (secondary N) is 3. The minimum Gasteiger partial charge on any atom is -0.480 e. The van der Waals surface area contributed by atoms with Crippen LogP contribution in [0.25, 0.3) is 0 Å². The third-order valence-corrected chi connectivity index (χ3v) is 1.62. The average Bonchev–Trinajstić information content (AvgIpc) is 2.20. The molecule has 0 atom stereocenters. The molecule has 0 radical (unpaired) electrons. The highest BCUT2D eigenvalue weighted by molar-refractivity contribution is 5.68. The molecule has 0 aliphatic heterocycles. The lowest BCUT2D eigenvalue weighted by atomic mass is 10.2. The number of hydrogen-bond acceptors (Lipinski definition) is 4. The molecule has 1 rings (SSSR count). The highest BCUT2D eigenvalue weighted by atomic mass is 19.1. The molecule has 0 heterocycles. The summed E-state index contributed by atoms with van der Waals surface area (Å²) in [6.07, 6.45) is 0.